The fourth-order valence-corrected chi connectivity index (χ4v) is 2.67. The van der Waals surface area contributed by atoms with E-state index in [0.717, 1.165) is 0 Å². The molecule has 0 aliphatic carbocycles. The molecule has 0 unspecified atom stereocenters. The molecule has 0 saturated heterocycles. The lowest BCUT2D eigenvalue weighted by atomic mass is 10.3. The van der Waals surface area contributed by atoms with Gasteiger partial charge in [0.05, 0.1) is 12.0 Å². The number of nitrogens with zero attached hydrogens (tertiary/aromatic N) is 2. The van der Waals surface area contributed by atoms with Crippen LogP contribution in [0.2, 0.25) is 0 Å². The molecule has 8 nitrogen and oxygen atoms in total. The molecule has 2 aromatic rings. The molecule has 1 heterocycles. The molecule has 1 aromatic heterocycles. The molecule has 110 valence electrons. The van der Waals surface area contributed by atoms with E-state index < -0.39 is 15.9 Å². The number of anilines is 1. The Morgan fingerprint density at radius 2 is 1.81 bits per heavy atom. The van der Waals surface area contributed by atoms with Crippen LogP contribution in [0.15, 0.2) is 46.3 Å². The first kappa shape index (κ1) is 14.7. The number of hydrogen-bond donors (Lipinski definition) is 2. The van der Waals surface area contributed by atoms with Crippen molar-refractivity contribution in [2.45, 2.75) is 9.92 Å². The minimum absolute atomic E-state index is 0.0250. The first-order valence-corrected chi connectivity index (χ1v) is 7.21. The summed E-state index contributed by atoms with van der Waals surface area (Å²) in [7, 11) is -2.38. The number of carbonyl (C=O) groups excluding carboxylic acids is 1. The van der Waals surface area contributed by atoms with Gasteiger partial charge < -0.3 is 15.8 Å². The van der Waals surface area contributed by atoms with Crippen LogP contribution in [-0.4, -0.2) is 31.8 Å². The summed E-state index contributed by atoms with van der Waals surface area (Å²) in [4.78, 5) is 10.7. The van der Waals surface area contributed by atoms with Crippen molar-refractivity contribution in [3.63, 3.8) is 0 Å². The second-order valence-electron chi connectivity index (χ2n) is 3.93. The first-order valence-electron chi connectivity index (χ1n) is 5.73. The molecular formula is C12H12N4O4S. The molecule has 9 heteroatoms. The van der Waals surface area contributed by atoms with E-state index in [-0.39, 0.29) is 15.8 Å². The standard InChI is InChI=1S/C12H12N4O4S/c1-20-10-6-7-11(16-15-10)21(18,19)9-4-2-8(3-5-9)14-12(13)17/h2-7H,1H3,(H3,13,14,17). The number of methoxy groups -OCH3 is 1. The summed E-state index contributed by atoms with van der Waals surface area (Å²) >= 11 is 0. The van der Waals surface area contributed by atoms with Crippen LogP contribution >= 0.6 is 0 Å². The van der Waals surface area contributed by atoms with Crippen molar-refractivity contribution >= 4 is 21.6 Å². The lowest BCUT2D eigenvalue weighted by Crippen LogP contribution is -2.19. The molecule has 0 aliphatic rings. The van der Waals surface area contributed by atoms with Gasteiger partial charge in [0.2, 0.25) is 15.7 Å². The summed E-state index contributed by atoms with van der Waals surface area (Å²) in [5.41, 5.74) is 5.36. The summed E-state index contributed by atoms with van der Waals surface area (Å²) in [6, 6.07) is 7.51. The maximum Gasteiger partial charge on any atom is 0.316 e. The average molecular weight is 308 g/mol. The van der Waals surface area contributed by atoms with Gasteiger partial charge in [-0.15, -0.1) is 10.2 Å². The Balaban J connectivity index is 2.32. The number of nitrogens with two attached hydrogens (primary N) is 1. The molecule has 3 N–H and O–H groups in total. The third kappa shape index (κ3) is 3.26. The Kier molecular flexibility index (Phi) is 4.03. The minimum Gasteiger partial charge on any atom is -0.480 e. The summed E-state index contributed by atoms with van der Waals surface area (Å²) in [5.74, 6) is 0.218. The van der Waals surface area contributed by atoms with E-state index in [0.29, 0.717) is 5.69 Å². The minimum atomic E-state index is -3.78. The van der Waals surface area contributed by atoms with Crippen molar-refractivity contribution < 1.29 is 17.9 Å². The fourth-order valence-electron chi connectivity index (χ4n) is 1.54. The molecule has 1 aromatic carbocycles. The van der Waals surface area contributed by atoms with Crippen molar-refractivity contribution in [1.82, 2.24) is 10.2 Å². The van der Waals surface area contributed by atoms with Gasteiger partial charge in [-0.3, -0.25) is 0 Å². The largest absolute Gasteiger partial charge is 0.480 e. The normalized spacial score (nSPS) is 10.9. The Hall–Kier alpha value is -2.68. The molecule has 0 atom stereocenters. The van der Waals surface area contributed by atoms with Gasteiger partial charge in [0.25, 0.3) is 0 Å². The topological polar surface area (TPSA) is 124 Å². The highest BCUT2D eigenvalue weighted by Gasteiger charge is 2.20. The molecule has 0 radical (unpaired) electrons. The summed E-state index contributed by atoms with van der Waals surface area (Å²) < 4.78 is 29.4. The second-order valence-corrected chi connectivity index (χ2v) is 5.83. The van der Waals surface area contributed by atoms with Crippen molar-refractivity contribution in [3.8, 4) is 5.88 Å². The Labute approximate surface area is 120 Å². The van der Waals surface area contributed by atoms with Gasteiger partial charge in [-0.1, -0.05) is 0 Å². The third-order valence-corrected chi connectivity index (χ3v) is 4.19. The van der Waals surface area contributed by atoms with Crippen LogP contribution in [0.25, 0.3) is 0 Å². The Morgan fingerprint density at radius 3 is 2.29 bits per heavy atom. The number of sulfone groups is 1. The zero-order valence-corrected chi connectivity index (χ0v) is 11.8. The Bertz CT molecular complexity index is 742. The van der Waals surface area contributed by atoms with Crippen LogP contribution in [0, 0.1) is 0 Å². The highest BCUT2D eigenvalue weighted by molar-refractivity contribution is 7.91. The van der Waals surface area contributed by atoms with Crippen LogP contribution in [0.1, 0.15) is 0 Å². The highest BCUT2D eigenvalue weighted by Crippen LogP contribution is 2.21. The van der Waals surface area contributed by atoms with Gasteiger partial charge in [0.1, 0.15) is 0 Å². The number of carbonyl (C=O) groups is 1. The van der Waals surface area contributed by atoms with E-state index in [4.69, 9.17) is 10.5 Å². The van der Waals surface area contributed by atoms with Crippen molar-refractivity contribution in [2.24, 2.45) is 5.73 Å². The second kappa shape index (κ2) is 5.75. The molecule has 0 aliphatic heterocycles. The van der Waals surface area contributed by atoms with Gasteiger partial charge in [-0.05, 0) is 30.3 Å². The van der Waals surface area contributed by atoms with E-state index in [1.807, 2.05) is 0 Å². The number of ether oxygens (including phenoxy) is 1. The van der Waals surface area contributed by atoms with Gasteiger partial charge in [0, 0.05) is 11.8 Å². The monoisotopic (exact) mass is 308 g/mol. The molecular weight excluding hydrogens is 296 g/mol. The predicted octanol–water partition coefficient (Wildman–Crippen LogP) is 0.809. The molecule has 0 fully saturated rings. The van der Waals surface area contributed by atoms with E-state index in [1.54, 1.807) is 0 Å². The van der Waals surface area contributed by atoms with E-state index in [1.165, 1.54) is 43.5 Å². The highest BCUT2D eigenvalue weighted by atomic mass is 32.2. The van der Waals surface area contributed by atoms with Crippen LogP contribution in [0.4, 0.5) is 10.5 Å². The average Bonchev–Trinajstić information content (AvgIpc) is 2.47. The number of urea groups is 1. The lowest BCUT2D eigenvalue weighted by molar-refractivity contribution is 0.259. The van der Waals surface area contributed by atoms with Gasteiger partial charge in [0.15, 0.2) is 5.03 Å². The van der Waals surface area contributed by atoms with Crippen LogP contribution < -0.4 is 15.8 Å². The quantitative estimate of drug-likeness (QED) is 0.861. The van der Waals surface area contributed by atoms with Crippen LogP contribution in [0.3, 0.4) is 0 Å². The van der Waals surface area contributed by atoms with Crippen molar-refractivity contribution in [2.75, 3.05) is 12.4 Å². The SMILES string of the molecule is COc1ccc(S(=O)(=O)c2ccc(NC(N)=O)cc2)nn1. The number of primary amides is 1. The zero-order chi connectivity index (χ0) is 15.5. The van der Waals surface area contributed by atoms with E-state index in [9.17, 15) is 13.2 Å². The smallest absolute Gasteiger partial charge is 0.316 e. The predicted molar refractivity (Wildman–Crippen MR) is 73.7 cm³/mol. The van der Waals surface area contributed by atoms with E-state index in [2.05, 4.69) is 15.5 Å². The summed E-state index contributed by atoms with van der Waals surface area (Å²) in [5, 5.41) is 9.38. The van der Waals surface area contributed by atoms with Crippen LogP contribution in [0.5, 0.6) is 5.88 Å². The number of aromatic nitrogens is 2. The van der Waals surface area contributed by atoms with E-state index >= 15 is 0 Å². The summed E-state index contributed by atoms with van der Waals surface area (Å²) in [6.45, 7) is 0. The molecule has 0 spiro atoms. The van der Waals surface area contributed by atoms with Gasteiger partial charge >= 0.3 is 6.03 Å². The van der Waals surface area contributed by atoms with Crippen LogP contribution in [-0.2, 0) is 9.84 Å². The van der Waals surface area contributed by atoms with Gasteiger partial charge in [-0.2, -0.15) is 0 Å². The van der Waals surface area contributed by atoms with Crippen molar-refractivity contribution in [3.05, 3.63) is 36.4 Å². The molecule has 2 amide bonds. The molecule has 2 rings (SSSR count). The number of benzene rings is 1. The molecule has 0 bridgehead atoms. The van der Waals surface area contributed by atoms with Gasteiger partial charge in [-0.25, -0.2) is 13.2 Å². The lowest BCUT2D eigenvalue weighted by Gasteiger charge is -2.05. The number of rotatable bonds is 4. The zero-order valence-electron chi connectivity index (χ0n) is 11.0. The Morgan fingerprint density at radius 1 is 1.14 bits per heavy atom. The number of hydrogen-bond acceptors (Lipinski definition) is 6. The third-order valence-electron chi connectivity index (χ3n) is 2.53. The molecule has 21 heavy (non-hydrogen) atoms. The summed E-state index contributed by atoms with van der Waals surface area (Å²) in [6.07, 6.45) is 0. The molecule has 0 saturated carbocycles. The maximum absolute atomic E-state index is 12.3. The fraction of sp³-hybridized carbons (Fsp3) is 0.0833. The maximum atomic E-state index is 12.3. The number of nitrogens with one attached hydrogen (secondary N) is 1. The first-order chi connectivity index (χ1) is 9.93. The van der Waals surface area contributed by atoms with Crippen molar-refractivity contribution in [1.29, 1.82) is 0 Å². The number of amides is 2.